The van der Waals surface area contributed by atoms with Crippen LogP contribution in [0.4, 0.5) is 0 Å². The van der Waals surface area contributed by atoms with E-state index >= 15 is 0 Å². The standard InChI is InChI=1S/C14H11/c1-2-12-8-10-14(11-9-12)13-6-4-3-5-7-13/h2-10H,1H2. The van der Waals surface area contributed by atoms with Crippen molar-refractivity contribution in [1.29, 1.82) is 0 Å². The molecule has 0 aliphatic carbocycles. The van der Waals surface area contributed by atoms with Crippen LogP contribution in [-0.2, 0) is 0 Å². The minimum absolute atomic E-state index is 1.10. The first-order valence-electron chi connectivity index (χ1n) is 4.60. The molecule has 0 aliphatic heterocycles. The molecule has 0 saturated heterocycles. The van der Waals surface area contributed by atoms with E-state index in [0.29, 0.717) is 0 Å². The van der Waals surface area contributed by atoms with Crippen LogP contribution < -0.4 is 0 Å². The Balaban J connectivity index is 2.39. The second-order valence-corrected chi connectivity index (χ2v) is 3.11. The third-order valence-electron chi connectivity index (χ3n) is 2.16. The van der Waals surface area contributed by atoms with Crippen LogP contribution in [0.2, 0.25) is 0 Å². The lowest BCUT2D eigenvalue weighted by Crippen LogP contribution is -1.77. The van der Waals surface area contributed by atoms with Gasteiger partial charge >= 0.3 is 0 Å². The van der Waals surface area contributed by atoms with Crippen molar-refractivity contribution in [2.24, 2.45) is 0 Å². The maximum absolute atomic E-state index is 3.71. The van der Waals surface area contributed by atoms with Crippen LogP contribution in [0, 0.1) is 6.07 Å². The van der Waals surface area contributed by atoms with Gasteiger partial charge in [-0.2, -0.15) is 0 Å². The van der Waals surface area contributed by atoms with Crippen LogP contribution in [0.15, 0.2) is 55.1 Å². The van der Waals surface area contributed by atoms with Crippen molar-refractivity contribution in [2.45, 2.75) is 0 Å². The highest BCUT2D eigenvalue weighted by Gasteiger charge is 1.95. The molecular formula is C14H11. The molecule has 0 aliphatic rings. The molecule has 0 heterocycles. The van der Waals surface area contributed by atoms with Gasteiger partial charge in [-0.05, 0) is 28.8 Å². The first-order chi connectivity index (χ1) is 6.90. The summed E-state index contributed by atoms with van der Waals surface area (Å²) in [7, 11) is 0. The molecular weight excluding hydrogens is 168 g/mol. The molecule has 67 valence electrons. The van der Waals surface area contributed by atoms with Gasteiger partial charge in [-0.15, -0.1) is 0 Å². The Morgan fingerprint density at radius 3 is 2.36 bits per heavy atom. The highest BCUT2D eigenvalue weighted by atomic mass is 14.0. The van der Waals surface area contributed by atoms with Crippen LogP contribution in [0.1, 0.15) is 5.56 Å². The summed E-state index contributed by atoms with van der Waals surface area (Å²) in [6.07, 6.45) is 1.82. The van der Waals surface area contributed by atoms with Crippen LogP contribution in [0.3, 0.4) is 0 Å². The minimum Gasteiger partial charge on any atom is -0.0985 e. The molecule has 0 aromatic heterocycles. The highest BCUT2D eigenvalue weighted by molar-refractivity contribution is 5.64. The topological polar surface area (TPSA) is 0 Å². The van der Waals surface area contributed by atoms with Crippen LogP contribution in [0.5, 0.6) is 0 Å². The predicted molar refractivity (Wildman–Crippen MR) is 60.8 cm³/mol. The molecule has 0 unspecified atom stereocenters. The third-order valence-corrected chi connectivity index (χ3v) is 2.16. The summed E-state index contributed by atoms with van der Waals surface area (Å²) in [5, 5.41) is 0. The Bertz CT molecular complexity index is 410. The summed E-state index contributed by atoms with van der Waals surface area (Å²) >= 11 is 0. The van der Waals surface area contributed by atoms with Gasteiger partial charge in [0.25, 0.3) is 0 Å². The van der Waals surface area contributed by atoms with Crippen LogP contribution in [-0.4, -0.2) is 0 Å². The van der Waals surface area contributed by atoms with Crippen molar-refractivity contribution in [3.63, 3.8) is 0 Å². The Hall–Kier alpha value is -1.82. The van der Waals surface area contributed by atoms with Crippen molar-refractivity contribution in [1.82, 2.24) is 0 Å². The van der Waals surface area contributed by atoms with Gasteiger partial charge in [0.15, 0.2) is 0 Å². The summed E-state index contributed by atoms with van der Waals surface area (Å²) in [5.74, 6) is 0. The first-order valence-corrected chi connectivity index (χ1v) is 4.60. The third kappa shape index (κ3) is 1.74. The molecule has 2 aromatic rings. The van der Waals surface area contributed by atoms with Gasteiger partial charge in [0, 0.05) is 0 Å². The molecule has 1 radical (unpaired) electrons. The van der Waals surface area contributed by atoms with Gasteiger partial charge in [-0.3, -0.25) is 0 Å². The molecule has 0 saturated carbocycles. The van der Waals surface area contributed by atoms with Gasteiger partial charge in [0.2, 0.25) is 0 Å². The van der Waals surface area contributed by atoms with E-state index < -0.39 is 0 Å². The molecule has 0 fully saturated rings. The maximum atomic E-state index is 3.71. The van der Waals surface area contributed by atoms with Gasteiger partial charge in [-0.1, -0.05) is 55.1 Å². The Morgan fingerprint density at radius 1 is 1.00 bits per heavy atom. The van der Waals surface area contributed by atoms with E-state index in [1.807, 2.05) is 36.4 Å². The number of hydrogen-bond acceptors (Lipinski definition) is 0. The SMILES string of the molecule is C=Cc1c[c]c(-c2ccccc2)cc1. The lowest BCUT2D eigenvalue weighted by molar-refractivity contribution is 1.59. The Kier molecular flexibility index (Phi) is 2.46. The fraction of sp³-hybridized carbons (Fsp3) is 0. The second-order valence-electron chi connectivity index (χ2n) is 3.11. The molecule has 0 nitrogen and oxygen atoms in total. The molecule has 0 spiro atoms. The van der Waals surface area contributed by atoms with E-state index in [1.54, 1.807) is 0 Å². The van der Waals surface area contributed by atoms with Crippen molar-refractivity contribution in [3.05, 3.63) is 66.7 Å². The summed E-state index contributed by atoms with van der Waals surface area (Å²) in [5.41, 5.74) is 3.42. The second kappa shape index (κ2) is 3.93. The van der Waals surface area contributed by atoms with Crippen LogP contribution >= 0.6 is 0 Å². The molecule has 0 heteroatoms. The first kappa shape index (κ1) is 8.76. The quantitative estimate of drug-likeness (QED) is 0.657. The summed E-state index contributed by atoms with van der Waals surface area (Å²) in [6, 6.07) is 19.5. The Labute approximate surface area is 84.5 Å². The van der Waals surface area contributed by atoms with Gasteiger partial charge in [0.05, 0.1) is 0 Å². The number of rotatable bonds is 2. The van der Waals surface area contributed by atoms with Crippen molar-refractivity contribution in [2.75, 3.05) is 0 Å². The molecule has 0 bridgehead atoms. The summed E-state index contributed by atoms with van der Waals surface area (Å²) in [4.78, 5) is 0. The molecule has 0 atom stereocenters. The van der Waals surface area contributed by atoms with Gasteiger partial charge in [-0.25, -0.2) is 0 Å². The van der Waals surface area contributed by atoms with Crippen molar-refractivity contribution >= 4 is 6.08 Å². The average molecular weight is 179 g/mol. The Morgan fingerprint density at radius 2 is 1.79 bits per heavy atom. The van der Waals surface area contributed by atoms with Crippen molar-refractivity contribution < 1.29 is 0 Å². The van der Waals surface area contributed by atoms with Crippen LogP contribution in [0.25, 0.3) is 17.2 Å². The number of benzene rings is 2. The van der Waals surface area contributed by atoms with E-state index in [1.165, 1.54) is 5.56 Å². The fourth-order valence-electron chi connectivity index (χ4n) is 1.36. The molecule has 2 rings (SSSR count). The minimum atomic E-state index is 1.10. The van der Waals surface area contributed by atoms with E-state index in [2.05, 4.69) is 30.8 Å². The lowest BCUT2D eigenvalue weighted by Gasteiger charge is -2.00. The fourth-order valence-corrected chi connectivity index (χ4v) is 1.36. The van der Waals surface area contributed by atoms with E-state index in [4.69, 9.17) is 0 Å². The summed E-state index contributed by atoms with van der Waals surface area (Å²) in [6.45, 7) is 3.71. The lowest BCUT2D eigenvalue weighted by atomic mass is 10.0. The van der Waals surface area contributed by atoms with E-state index in [9.17, 15) is 0 Å². The zero-order valence-electron chi connectivity index (χ0n) is 7.90. The zero-order chi connectivity index (χ0) is 9.80. The van der Waals surface area contributed by atoms with Gasteiger partial charge < -0.3 is 0 Å². The maximum Gasteiger partial charge on any atom is -0.00930 e. The van der Waals surface area contributed by atoms with E-state index in [-0.39, 0.29) is 0 Å². The van der Waals surface area contributed by atoms with Gasteiger partial charge in [0.1, 0.15) is 0 Å². The average Bonchev–Trinajstić information content (AvgIpc) is 2.30. The molecule has 2 aromatic carbocycles. The number of hydrogen-bond donors (Lipinski definition) is 0. The largest absolute Gasteiger partial charge is 0.0985 e. The highest BCUT2D eigenvalue weighted by Crippen LogP contribution is 2.18. The normalized spacial score (nSPS) is 9.71. The predicted octanol–water partition coefficient (Wildman–Crippen LogP) is 3.80. The molecule has 0 amide bonds. The monoisotopic (exact) mass is 179 g/mol. The van der Waals surface area contributed by atoms with E-state index in [0.717, 1.165) is 11.1 Å². The smallest absolute Gasteiger partial charge is 0.00930 e. The molecule has 14 heavy (non-hydrogen) atoms. The zero-order valence-corrected chi connectivity index (χ0v) is 7.90. The van der Waals surface area contributed by atoms with Crippen molar-refractivity contribution in [3.8, 4) is 11.1 Å². The molecule has 0 N–H and O–H groups in total. The summed E-state index contributed by atoms with van der Waals surface area (Å²) < 4.78 is 0.